The standard InChI is InChI=1S/C14H14N4OS/c1-8-4-5-9(2)11(6-8)17-13(19)12-10(3)16-14-18(12)15-7-20-14/h4-7H,1-3H3,(H,17,19). The Hall–Kier alpha value is -2.21. The van der Waals surface area contributed by atoms with Crippen LogP contribution in [0.15, 0.2) is 23.7 Å². The number of nitrogens with zero attached hydrogens (tertiary/aromatic N) is 3. The van der Waals surface area contributed by atoms with Gasteiger partial charge in [0, 0.05) is 5.69 Å². The van der Waals surface area contributed by atoms with E-state index in [0.29, 0.717) is 11.4 Å². The summed E-state index contributed by atoms with van der Waals surface area (Å²) in [6.45, 7) is 5.79. The zero-order valence-corrected chi connectivity index (χ0v) is 12.3. The van der Waals surface area contributed by atoms with Crippen LogP contribution in [0.2, 0.25) is 0 Å². The Bertz CT molecular complexity index is 803. The zero-order chi connectivity index (χ0) is 14.3. The summed E-state index contributed by atoms with van der Waals surface area (Å²) in [7, 11) is 0. The molecule has 0 saturated carbocycles. The van der Waals surface area contributed by atoms with E-state index >= 15 is 0 Å². The maximum Gasteiger partial charge on any atom is 0.276 e. The zero-order valence-electron chi connectivity index (χ0n) is 11.5. The molecule has 0 unspecified atom stereocenters. The van der Waals surface area contributed by atoms with Crippen molar-refractivity contribution < 1.29 is 4.79 Å². The van der Waals surface area contributed by atoms with Crippen molar-refractivity contribution in [3.05, 3.63) is 46.2 Å². The van der Waals surface area contributed by atoms with E-state index in [1.807, 2.05) is 39.0 Å². The van der Waals surface area contributed by atoms with Crippen molar-refractivity contribution in [1.82, 2.24) is 14.6 Å². The molecule has 2 aromatic heterocycles. The second kappa shape index (κ2) is 4.72. The summed E-state index contributed by atoms with van der Waals surface area (Å²) in [6.07, 6.45) is 0. The van der Waals surface area contributed by atoms with Gasteiger partial charge in [0.15, 0.2) is 5.69 Å². The average molecular weight is 286 g/mol. The number of aromatic nitrogens is 3. The fraction of sp³-hybridized carbons (Fsp3) is 0.214. The van der Waals surface area contributed by atoms with Crippen LogP contribution in [0, 0.1) is 20.8 Å². The minimum Gasteiger partial charge on any atom is -0.320 e. The van der Waals surface area contributed by atoms with Gasteiger partial charge in [0.25, 0.3) is 5.91 Å². The molecule has 0 saturated heterocycles. The first kappa shape index (κ1) is 12.8. The van der Waals surface area contributed by atoms with Crippen LogP contribution in [0.3, 0.4) is 0 Å². The quantitative estimate of drug-likeness (QED) is 0.788. The van der Waals surface area contributed by atoms with Crippen LogP contribution < -0.4 is 5.32 Å². The highest BCUT2D eigenvalue weighted by Gasteiger charge is 2.19. The highest BCUT2D eigenvalue weighted by Crippen LogP contribution is 2.20. The average Bonchev–Trinajstić information content (AvgIpc) is 2.93. The van der Waals surface area contributed by atoms with Gasteiger partial charge in [-0.2, -0.15) is 9.61 Å². The lowest BCUT2D eigenvalue weighted by Crippen LogP contribution is -2.16. The van der Waals surface area contributed by atoms with Gasteiger partial charge in [-0.05, 0) is 38.0 Å². The number of nitrogens with one attached hydrogen (secondary N) is 1. The van der Waals surface area contributed by atoms with Crippen LogP contribution in [-0.2, 0) is 0 Å². The predicted octanol–water partition coefficient (Wildman–Crippen LogP) is 2.97. The number of carbonyl (C=O) groups is 1. The molecule has 0 spiro atoms. The summed E-state index contributed by atoms with van der Waals surface area (Å²) in [4.78, 5) is 17.5. The maximum atomic E-state index is 12.5. The van der Waals surface area contributed by atoms with Gasteiger partial charge >= 0.3 is 0 Å². The van der Waals surface area contributed by atoms with Crippen molar-refractivity contribution in [3.8, 4) is 0 Å². The second-order valence-corrected chi connectivity index (χ2v) is 5.56. The highest BCUT2D eigenvalue weighted by atomic mass is 32.1. The second-order valence-electron chi connectivity index (χ2n) is 4.75. The summed E-state index contributed by atoms with van der Waals surface area (Å²) in [5.41, 5.74) is 5.81. The van der Waals surface area contributed by atoms with Crippen LogP contribution in [0.1, 0.15) is 27.3 Å². The third-order valence-corrected chi connectivity index (χ3v) is 3.85. The molecule has 0 fully saturated rings. The van der Waals surface area contributed by atoms with Gasteiger partial charge < -0.3 is 5.32 Å². The largest absolute Gasteiger partial charge is 0.320 e. The molecule has 3 aromatic rings. The molecular weight excluding hydrogens is 272 g/mol. The SMILES string of the molecule is Cc1ccc(C)c(NC(=O)c2c(C)nc3scnn23)c1. The number of benzene rings is 1. The van der Waals surface area contributed by atoms with Crippen LogP contribution in [-0.4, -0.2) is 20.5 Å². The summed E-state index contributed by atoms with van der Waals surface area (Å²) in [5.74, 6) is -0.186. The fourth-order valence-corrected chi connectivity index (χ4v) is 2.77. The number of hydrogen-bond donors (Lipinski definition) is 1. The first-order valence-electron chi connectivity index (χ1n) is 6.23. The predicted molar refractivity (Wildman–Crippen MR) is 79.5 cm³/mol. The molecule has 6 heteroatoms. The van der Waals surface area contributed by atoms with E-state index in [-0.39, 0.29) is 5.91 Å². The molecular formula is C14H14N4OS. The lowest BCUT2D eigenvalue weighted by Gasteiger charge is -2.09. The van der Waals surface area contributed by atoms with E-state index < -0.39 is 0 Å². The minimum atomic E-state index is -0.186. The van der Waals surface area contributed by atoms with Crippen LogP contribution >= 0.6 is 11.3 Å². The van der Waals surface area contributed by atoms with Crippen LogP contribution in [0.5, 0.6) is 0 Å². The van der Waals surface area contributed by atoms with E-state index in [9.17, 15) is 4.79 Å². The van der Waals surface area contributed by atoms with Gasteiger partial charge in [-0.3, -0.25) is 4.79 Å². The summed E-state index contributed by atoms with van der Waals surface area (Å²) in [5, 5.41) is 7.10. The van der Waals surface area contributed by atoms with Crippen LogP contribution in [0.25, 0.3) is 4.96 Å². The number of fused-ring (bicyclic) bond motifs is 1. The Labute approximate surface area is 120 Å². The Balaban J connectivity index is 1.99. The molecule has 3 rings (SSSR count). The Kier molecular flexibility index (Phi) is 3.02. The Morgan fingerprint density at radius 3 is 2.90 bits per heavy atom. The van der Waals surface area contributed by atoms with Crippen molar-refractivity contribution in [2.45, 2.75) is 20.8 Å². The fourth-order valence-electron chi connectivity index (χ4n) is 2.11. The smallest absolute Gasteiger partial charge is 0.276 e. The summed E-state index contributed by atoms with van der Waals surface area (Å²) < 4.78 is 1.58. The molecule has 1 aromatic carbocycles. The number of hydrogen-bond acceptors (Lipinski definition) is 4. The molecule has 102 valence electrons. The number of anilines is 1. The number of carbonyl (C=O) groups excluding carboxylic acids is 1. The van der Waals surface area contributed by atoms with Gasteiger partial charge in [-0.15, -0.1) is 0 Å². The van der Waals surface area contributed by atoms with E-state index in [4.69, 9.17) is 0 Å². The molecule has 1 N–H and O–H groups in total. The lowest BCUT2D eigenvalue weighted by molar-refractivity contribution is 0.101. The number of rotatable bonds is 2. The molecule has 20 heavy (non-hydrogen) atoms. The Morgan fingerprint density at radius 2 is 2.10 bits per heavy atom. The lowest BCUT2D eigenvalue weighted by atomic mass is 10.1. The number of amides is 1. The van der Waals surface area contributed by atoms with Gasteiger partial charge in [-0.25, -0.2) is 4.98 Å². The maximum absolute atomic E-state index is 12.5. The topological polar surface area (TPSA) is 59.3 Å². The monoisotopic (exact) mass is 286 g/mol. The summed E-state index contributed by atoms with van der Waals surface area (Å²) in [6, 6.07) is 5.97. The molecule has 0 aliphatic heterocycles. The van der Waals surface area contributed by atoms with Crippen LogP contribution in [0.4, 0.5) is 5.69 Å². The molecule has 0 aliphatic rings. The number of aryl methyl sites for hydroxylation is 3. The third-order valence-electron chi connectivity index (χ3n) is 3.18. The van der Waals surface area contributed by atoms with Crippen molar-refractivity contribution in [2.24, 2.45) is 0 Å². The first-order valence-corrected chi connectivity index (χ1v) is 7.11. The van der Waals surface area contributed by atoms with E-state index in [0.717, 1.165) is 21.8 Å². The molecule has 0 radical (unpaired) electrons. The summed E-state index contributed by atoms with van der Waals surface area (Å²) >= 11 is 1.41. The van der Waals surface area contributed by atoms with E-state index in [1.54, 1.807) is 10.0 Å². The third kappa shape index (κ3) is 2.08. The normalized spacial score (nSPS) is 10.9. The van der Waals surface area contributed by atoms with Crippen molar-refractivity contribution in [1.29, 1.82) is 0 Å². The van der Waals surface area contributed by atoms with E-state index in [2.05, 4.69) is 15.4 Å². The molecule has 0 bridgehead atoms. The van der Waals surface area contributed by atoms with Gasteiger partial charge in [0.2, 0.25) is 4.96 Å². The highest BCUT2D eigenvalue weighted by molar-refractivity contribution is 7.14. The van der Waals surface area contributed by atoms with E-state index in [1.165, 1.54) is 11.3 Å². The first-order chi connectivity index (χ1) is 9.56. The van der Waals surface area contributed by atoms with Crippen molar-refractivity contribution in [2.75, 3.05) is 5.32 Å². The molecule has 0 atom stereocenters. The van der Waals surface area contributed by atoms with Crippen molar-refractivity contribution in [3.63, 3.8) is 0 Å². The molecule has 5 nitrogen and oxygen atoms in total. The number of imidazole rings is 1. The molecule has 1 amide bonds. The molecule has 2 heterocycles. The van der Waals surface area contributed by atoms with Crippen molar-refractivity contribution >= 4 is 27.9 Å². The van der Waals surface area contributed by atoms with Gasteiger partial charge in [0.05, 0.1) is 5.69 Å². The molecule has 0 aliphatic carbocycles. The minimum absolute atomic E-state index is 0.186. The van der Waals surface area contributed by atoms with Gasteiger partial charge in [0.1, 0.15) is 5.51 Å². The van der Waals surface area contributed by atoms with Gasteiger partial charge in [-0.1, -0.05) is 23.5 Å². The Morgan fingerprint density at radius 1 is 1.30 bits per heavy atom.